The minimum atomic E-state index is -0.689. The van der Waals surface area contributed by atoms with Gasteiger partial charge in [-0.15, -0.1) is 0 Å². The first-order valence-electron chi connectivity index (χ1n) is 6.13. The topological polar surface area (TPSA) is 49.3 Å². The summed E-state index contributed by atoms with van der Waals surface area (Å²) >= 11 is 0. The summed E-state index contributed by atoms with van der Waals surface area (Å²) in [6.07, 6.45) is 7.55. The molecule has 2 N–H and O–H groups in total. The van der Waals surface area contributed by atoms with Crippen molar-refractivity contribution in [2.24, 2.45) is 5.92 Å². The third kappa shape index (κ3) is 5.78. The van der Waals surface area contributed by atoms with Crippen LogP contribution in [-0.2, 0) is 4.79 Å². The number of hydrogen-bond acceptors (Lipinski definition) is 2. The Balaban J connectivity index is 2.07. The molecule has 88 valence electrons. The molecule has 0 saturated heterocycles. The van der Waals surface area contributed by atoms with Gasteiger partial charge in [0.2, 0.25) is 0 Å². The molecule has 1 aliphatic rings. The molecule has 3 heteroatoms. The molecule has 0 amide bonds. The summed E-state index contributed by atoms with van der Waals surface area (Å²) in [5, 5.41) is 12.0. The first-order chi connectivity index (χ1) is 7.18. The van der Waals surface area contributed by atoms with Crippen molar-refractivity contribution in [3.05, 3.63) is 0 Å². The quantitative estimate of drug-likeness (QED) is 0.544. The van der Waals surface area contributed by atoms with Crippen molar-refractivity contribution >= 4 is 5.97 Å². The van der Waals surface area contributed by atoms with Crippen molar-refractivity contribution in [1.29, 1.82) is 0 Å². The fraction of sp³-hybridized carbons (Fsp3) is 0.917. The van der Waals surface area contributed by atoms with E-state index >= 15 is 0 Å². The van der Waals surface area contributed by atoms with Crippen molar-refractivity contribution in [2.75, 3.05) is 6.54 Å². The Morgan fingerprint density at radius 3 is 2.87 bits per heavy atom. The van der Waals surface area contributed by atoms with Crippen molar-refractivity contribution < 1.29 is 9.90 Å². The largest absolute Gasteiger partial charge is 0.481 e. The van der Waals surface area contributed by atoms with Crippen LogP contribution in [0.1, 0.15) is 51.9 Å². The molecule has 0 bridgehead atoms. The lowest BCUT2D eigenvalue weighted by atomic mass is 10.0. The second-order valence-corrected chi connectivity index (χ2v) is 4.76. The van der Waals surface area contributed by atoms with Gasteiger partial charge in [-0.1, -0.05) is 19.8 Å². The Morgan fingerprint density at radius 1 is 1.33 bits per heavy atom. The van der Waals surface area contributed by atoms with E-state index in [4.69, 9.17) is 5.11 Å². The fourth-order valence-corrected chi connectivity index (χ4v) is 2.24. The average Bonchev–Trinajstić information content (AvgIpc) is 2.38. The van der Waals surface area contributed by atoms with Crippen LogP contribution in [0.25, 0.3) is 0 Å². The molecule has 0 aromatic carbocycles. The SMILES string of the molecule is CC1CCCC(NCCCC(=O)O)CC1. The van der Waals surface area contributed by atoms with Gasteiger partial charge < -0.3 is 10.4 Å². The predicted molar refractivity (Wildman–Crippen MR) is 60.9 cm³/mol. The summed E-state index contributed by atoms with van der Waals surface area (Å²) in [6.45, 7) is 3.18. The third-order valence-electron chi connectivity index (χ3n) is 3.26. The molecule has 15 heavy (non-hydrogen) atoms. The van der Waals surface area contributed by atoms with Crippen LogP contribution in [0.3, 0.4) is 0 Å². The standard InChI is InChI=1S/C12H23NO2/c1-10-4-2-5-11(8-7-10)13-9-3-6-12(14)15/h10-11,13H,2-9H2,1H3,(H,14,15). The molecule has 3 nitrogen and oxygen atoms in total. The van der Waals surface area contributed by atoms with Crippen LogP contribution in [-0.4, -0.2) is 23.7 Å². The summed E-state index contributed by atoms with van der Waals surface area (Å²) in [6, 6.07) is 0.628. The summed E-state index contributed by atoms with van der Waals surface area (Å²) in [7, 11) is 0. The van der Waals surface area contributed by atoms with Gasteiger partial charge in [0.05, 0.1) is 0 Å². The lowest BCUT2D eigenvalue weighted by Crippen LogP contribution is -2.29. The molecule has 0 heterocycles. The molecule has 0 aromatic rings. The molecule has 1 rings (SSSR count). The number of carbonyl (C=O) groups is 1. The van der Waals surface area contributed by atoms with Crippen molar-refractivity contribution in [1.82, 2.24) is 5.32 Å². The highest BCUT2D eigenvalue weighted by Crippen LogP contribution is 2.22. The molecule has 0 aromatic heterocycles. The van der Waals surface area contributed by atoms with Gasteiger partial charge in [-0.25, -0.2) is 0 Å². The van der Waals surface area contributed by atoms with E-state index in [-0.39, 0.29) is 6.42 Å². The van der Waals surface area contributed by atoms with Crippen LogP contribution in [0.2, 0.25) is 0 Å². The van der Waals surface area contributed by atoms with Gasteiger partial charge in [-0.05, 0) is 38.1 Å². The molecular formula is C12H23NO2. The van der Waals surface area contributed by atoms with Crippen LogP contribution in [0.5, 0.6) is 0 Å². The monoisotopic (exact) mass is 213 g/mol. The van der Waals surface area contributed by atoms with E-state index in [1.54, 1.807) is 0 Å². The Labute approximate surface area is 92.3 Å². The van der Waals surface area contributed by atoms with Gasteiger partial charge in [0, 0.05) is 12.5 Å². The molecule has 2 unspecified atom stereocenters. The lowest BCUT2D eigenvalue weighted by Gasteiger charge is -2.15. The maximum atomic E-state index is 10.3. The van der Waals surface area contributed by atoms with Gasteiger partial charge in [0.15, 0.2) is 0 Å². The second-order valence-electron chi connectivity index (χ2n) is 4.76. The zero-order valence-electron chi connectivity index (χ0n) is 9.67. The zero-order valence-corrected chi connectivity index (χ0v) is 9.67. The molecule has 0 aliphatic heterocycles. The van der Waals surface area contributed by atoms with E-state index in [2.05, 4.69) is 12.2 Å². The molecular weight excluding hydrogens is 190 g/mol. The highest BCUT2D eigenvalue weighted by Gasteiger charge is 2.15. The Hall–Kier alpha value is -0.570. The maximum absolute atomic E-state index is 10.3. The van der Waals surface area contributed by atoms with Crippen LogP contribution in [0.15, 0.2) is 0 Å². The highest BCUT2D eigenvalue weighted by molar-refractivity contribution is 5.66. The average molecular weight is 213 g/mol. The zero-order chi connectivity index (χ0) is 11.1. The Kier molecular flexibility index (Phi) is 5.69. The van der Waals surface area contributed by atoms with E-state index in [0.717, 1.165) is 18.9 Å². The molecule has 1 fully saturated rings. The van der Waals surface area contributed by atoms with Gasteiger partial charge in [0.1, 0.15) is 0 Å². The van der Waals surface area contributed by atoms with Crippen LogP contribution in [0, 0.1) is 5.92 Å². The van der Waals surface area contributed by atoms with E-state index in [0.29, 0.717) is 6.04 Å². The number of carboxylic acid groups (broad SMARTS) is 1. The number of aliphatic carboxylic acids is 1. The van der Waals surface area contributed by atoms with Crippen molar-refractivity contribution in [2.45, 2.75) is 57.9 Å². The van der Waals surface area contributed by atoms with Crippen LogP contribution in [0.4, 0.5) is 0 Å². The lowest BCUT2D eigenvalue weighted by molar-refractivity contribution is -0.137. The van der Waals surface area contributed by atoms with E-state index in [1.165, 1.54) is 32.1 Å². The minimum absolute atomic E-state index is 0.288. The third-order valence-corrected chi connectivity index (χ3v) is 3.26. The second kappa shape index (κ2) is 6.83. The van der Waals surface area contributed by atoms with Gasteiger partial charge in [0.25, 0.3) is 0 Å². The molecule has 1 saturated carbocycles. The smallest absolute Gasteiger partial charge is 0.303 e. The molecule has 2 atom stereocenters. The minimum Gasteiger partial charge on any atom is -0.481 e. The summed E-state index contributed by atoms with van der Waals surface area (Å²) in [4.78, 5) is 10.3. The number of hydrogen-bond donors (Lipinski definition) is 2. The summed E-state index contributed by atoms with van der Waals surface area (Å²) < 4.78 is 0. The van der Waals surface area contributed by atoms with Gasteiger partial charge >= 0.3 is 5.97 Å². The first-order valence-corrected chi connectivity index (χ1v) is 6.13. The van der Waals surface area contributed by atoms with Crippen molar-refractivity contribution in [3.8, 4) is 0 Å². The number of nitrogens with one attached hydrogen (secondary N) is 1. The fourth-order valence-electron chi connectivity index (χ4n) is 2.24. The number of carboxylic acids is 1. The van der Waals surface area contributed by atoms with Gasteiger partial charge in [-0.2, -0.15) is 0 Å². The van der Waals surface area contributed by atoms with Crippen LogP contribution < -0.4 is 5.32 Å². The predicted octanol–water partition coefficient (Wildman–Crippen LogP) is 2.41. The van der Waals surface area contributed by atoms with E-state index in [1.807, 2.05) is 0 Å². The Bertz CT molecular complexity index is 194. The molecule has 1 aliphatic carbocycles. The highest BCUT2D eigenvalue weighted by atomic mass is 16.4. The molecule has 0 radical (unpaired) electrons. The van der Waals surface area contributed by atoms with E-state index in [9.17, 15) is 4.79 Å². The van der Waals surface area contributed by atoms with E-state index < -0.39 is 5.97 Å². The summed E-state index contributed by atoms with van der Waals surface area (Å²) in [5.74, 6) is 0.183. The maximum Gasteiger partial charge on any atom is 0.303 e. The van der Waals surface area contributed by atoms with Crippen LogP contribution >= 0.6 is 0 Å². The summed E-state index contributed by atoms with van der Waals surface area (Å²) in [5.41, 5.74) is 0. The normalized spacial score (nSPS) is 27.3. The number of rotatable bonds is 5. The molecule has 0 spiro atoms. The first kappa shape index (κ1) is 12.5. The van der Waals surface area contributed by atoms with Crippen molar-refractivity contribution in [3.63, 3.8) is 0 Å². The van der Waals surface area contributed by atoms with Gasteiger partial charge in [-0.3, -0.25) is 4.79 Å². The Morgan fingerprint density at radius 2 is 2.13 bits per heavy atom.